The van der Waals surface area contributed by atoms with E-state index in [2.05, 4.69) is 0 Å². The third-order valence-electron chi connectivity index (χ3n) is 2.37. The first kappa shape index (κ1) is 11.7. The molecule has 1 heterocycles. The molecule has 2 rings (SSSR count). The van der Waals surface area contributed by atoms with E-state index in [0.29, 0.717) is 4.91 Å². The second-order valence-corrected chi connectivity index (χ2v) is 4.61. The Hall–Kier alpha value is -1.75. The number of methoxy groups -OCH3 is 1. The molecule has 88 valence electrons. The van der Waals surface area contributed by atoms with Gasteiger partial charge in [0.2, 0.25) is 0 Å². The number of rotatable bonds is 3. The Labute approximate surface area is 103 Å². The van der Waals surface area contributed by atoms with Gasteiger partial charge in [0.05, 0.1) is 12.0 Å². The number of hydrogen-bond donors (Lipinski definition) is 0. The molecule has 0 atom stereocenters. The summed E-state index contributed by atoms with van der Waals surface area (Å²) in [5, 5.41) is 0. The minimum Gasteiger partial charge on any atom is -0.497 e. The lowest BCUT2D eigenvalue weighted by Crippen LogP contribution is -2.25. The van der Waals surface area contributed by atoms with Crippen molar-refractivity contribution in [3.8, 4) is 5.75 Å². The molecule has 0 aliphatic carbocycles. The molecule has 2 amide bonds. The fourth-order valence-electron chi connectivity index (χ4n) is 1.40. The molecule has 0 saturated heterocycles. The van der Waals surface area contributed by atoms with Crippen molar-refractivity contribution in [1.29, 1.82) is 0 Å². The molecule has 0 spiro atoms. The molecule has 17 heavy (non-hydrogen) atoms. The maximum Gasteiger partial charge on any atom is 0.267 e. The number of carbonyl (C=O) groups is 2. The van der Waals surface area contributed by atoms with Crippen LogP contribution in [-0.4, -0.2) is 30.9 Å². The molecule has 0 aromatic heterocycles. The van der Waals surface area contributed by atoms with Crippen LogP contribution < -0.4 is 4.74 Å². The molecule has 1 aromatic rings. The highest BCUT2D eigenvalue weighted by Crippen LogP contribution is 2.32. The summed E-state index contributed by atoms with van der Waals surface area (Å²) < 4.78 is 5.09. The predicted octanol–water partition coefficient (Wildman–Crippen LogP) is 1.67. The highest BCUT2D eigenvalue weighted by Gasteiger charge is 2.28. The summed E-state index contributed by atoms with van der Waals surface area (Å²) in [6.45, 7) is 0. The van der Waals surface area contributed by atoms with Gasteiger partial charge in [-0.3, -0.25) is 14.5 Å². The van der Waals surface area contributed by atoms with E-state index >= 15 is 0 Å². The fourth-order valence-corrected chi connectivity index (χ4v) is 2.36. The summed E-state index contributed by atoms with van der Waals surface area (Å²) in [5.74, 6) is 0.184. The number of benzene rings is 1. The Kier molecular flexibility index (Phi) is 3.19. The van der Waals surface area contributed by atoms with Crippen LogP contribution >= 0.6 is 11.8 Å². The van der Waals surface area contributed by atoms with E-state index in [-0.39, 0.29) is 11.8 Å². The molecule has 0 N–H and O–H groups in total. The number of thioether (sulfide) groups is 1. The number of ether oxygens (including phenoxy) is 1. The van der Waals surface area contributed by atoms with Crippen LogP contribution in [0.3, 0.4) is 0 Å². The third-order valence-corrected chi connectivity index (χ3v) is 3.37. The molecule has 0 saturated carbocycles. The van der Waals surface area contributed by atoms with Crippen LogP contribution in [0.2, 0.25) is 0 Å². The molecule has 5 heteroatoms. The standard InChI is InChI=1S/C12H11NO3S/c1-13-11(14)7-10(12(13)15)17-9-5-3-4-8(6-9)16-2/h3-7H,1-2H3. The fraction of sp³-hybridized carbons (Fsp3) is 0.167. The molecule has 0 bridgehead atoms. The van der Waals surface area contributed by atoms with Crippen molar-refractivity contribution < 1.29 is 14.3 Å². The number of carbonyl (C=O) groups excluding carboxylic acids is 2. The van der Waals surface area contributed by atoms with Gasteiger partial charge in [-0.25, -0.2) is 0 Å². The quantitative estimate of drug-likeness (QED) is 0.764. The highest BCUT2D eigenvalue weighted by molar-refractivity contribution is 8.04. The Balaban J connectivity index is 2.19. The van der Waals surface area contributed by atoms with E-state index < -0.39 is 0 Å². The van der Waals surface area contributed by atoms with E-state index in [0.717, 1.165) is 15.5 Å². The van der Waals surface area contributed by atoms with Crippen molar-refractivity contribution in [1.82, 2.24) is 4.90 Å². The summed E-state index contributed by atoms with van der Waals surface area (Å²) in [6, 6.07) is 7.35. The van der Waals surface area contributed by atoms with Crippen molar-refractivity contribution in [2.24, 2.45) is 0 Å². The molecule has 0 fully saturated rings. The molecule has 1 aliphatic rings. The molecular formula is C12H11NO3S. The maximum atomic E-state index is 11.7. The average molecular weight is 249 g/mol. The number of nitrogens with zero attached hydrogens (tertiary/aromatic N) is 1. The van der Waals surface area contributed by atoms with Gasteiger partial charge in [-0.15, -0.1) is 0 Å². The molecule has 0 radical (unpaired) electrons. The summed E-state index contributed by atoms with van der Waals surface area (Å²) in [4.78, 5) is 25.4. The monoisotopic (exact) mass is 249 g/mol. The Morgan fingerprint density at radius 3 is 2.65 bits per heavy atom. The van der Waals surface area contributed by atoms with Gasteiger partial charge in [0.25, 0.3) is 11.8 Å². The van der Waals surface area contributed by atoms with Crippen molar-refractivity contribution in [3.63, 3.8) is 0 Å². The lowest BCUT2D eigenvalue weighted by Gasteiger charge is -2.07. The summed E-state index contributed by atoms with van der Waals surface area (Å²) in [5.41, 5.74) is 0. The Morgan fingerprint density at radius 1 is 1.29 bits per heavy atom. The summed E-state index contributed by atoms with van der Waals surface area (Å²) >= 11 is 1.27. The van der Waals surface area contributed by atoms with E-state index in [4.69, 9.17) is 4.74 Å². The van der Waals surface area contributed by atoms with Crippen molar-refractivity contribution in [3.05, 3.63) is 35.2 Å². The molecule has 1 aliphatic heterocycles. The zero-order valence-electron chi connectivity index (χ0n) is 9.47. The number of hydrogen-bond acceptors (Lipinski definition) is 4. The molecule has 4 nitrogen and oxygen atoms in total. The van der Waals surface area contributed by atoms with Crippen LogP contribution in [-0.2, 0) is 9.59 Å². The highest BCUT2D eigenvalue weighted by atomic mass is 32.2. The van der Waals surface area contributed by atoms with Crippen molar-refractivity contribution in [2.45, 2.75) is 4.90 Å². The van der Waals surface area contributed by atoms with Crippen LogP contribution in [0.5, 0.6) is 5.75 Å². The van der Waals surface area contributed by atoms with Crippen LogP contribution in [0.4, 0.5) is 0 Å². The third kappa shape index (κ3) is 2.34. The van der Waals surface area contributed by atoms with Crippen molar-refractivity contribution >= 4 is 23.6 Å². The van der Waals surface area contributed by atoms with E-state index in [9.17, 15) is 9.59 Å². The van der Waals surface area contributed by atoms with E-state index in [1.165, 1.54) is 24.9 Å². The van der Waals surface area contributed by atoms with E-state index in [1.54, 1.807) is 7.11 Å². The minimum absolute atomic E-state index is 0.261. The van der Waals surface area contributed by atoms with Gasteiger partial charge in [-0.1, -0.05) is 17.8 Å². The van der Waals surface area contributed by atoms with Crippen LogP contribution in [0, 0.1) is 0 Å². The number of imide groups is 1. The van der Waals surface area contributed by atoms with Crippen molar-refractivity contribution in [2.75, 3.05) is 14.2 Å². The summed E-state index contributed by atoms with van der Waals surface area (Å²) in [6.07, 6.45) is 1.35. The molecule has 1 aromatic carbocycles. The zero-order valence-corrected chi connectivity index (χ0v) is 10.3. The first-order valence-corrected chi connectivity index (χ1v) is 5.79. The zero-order chi connectivity index (χ0) is 12.4. The van der Waals surface area contributed by atoms with Gasteiger partial charge in [-0.2, -0.15) is 0 Å². The van der Waals surface area contributed by atoms with Gasteiger partial charge in [-0.05, 0) is 18.2 Å². The number of amides is 2. The normalized spacial score (nSPS) is 15.2. The Morgan fingerprint density at radius 2 is 2.06 bits per heavy atom. The van der Waals surface area contributed by atoms with E-state index in [1.807, 2.05) is 24.3 Å². The maximum absolute atomic E-state index is 11.7. The van der Waals surface area contributed by atoms with Gasteiger partial charge in [0.15, 0.2) is 0 Å². The van der Waals surface area contributed by atoms with Crippen LogP contribution in [0.25, 0.3) is 0 Å². The topological polar surface area (TPSA) is 46.6 Å². The molecular weight excluding hydrogens is 238 g/mol. The summed E-state index contributed by atoms with van der Waals surface area (Å²) in [7, 11) is 3.06. The lowest BCUT2D eigenvalue weighted by molar-refractivity contribution is -0.135. The smallest absolute Gasteiger partial charge is 0.267 e. The molecule has 0 unspecified atom stereocenters. The second kappa shape index (κ2) is 4.63. The second-order valence-electron chi connectivity index (χ2n) is 3.49. The van der Waals surface area contributed by atoms with Crippen LogP contribution in [0.15, 0.2) is 40.1 Å². The van der Waals surface area contributed by atoms with Gasteiger partial charge in [0, 0.05) is 18.0 Å². The number of likely N-dealkylation sites (N-methyl/N-ethyl adjacent to an activating group) is 1. The first-order chi connectivity index (χ1) is 8.11. The minimum atomic E-state index is -0.277. The largest absolute Gasteiger partial charge is 0.497 e. The predicted molar refractivity (Wildman–Crippen MR) is 64.7 cm³/mol. The average Bonchev–Trinajstić information content (AvgIpc) is 2.57. The van der Waals surface area contributed by atoms with Gasteiger partial charge < -0.3 is 4.74 Å². The SMILES string of the molecule is COc1cccc(SC2=CC(=O)N(C)C2=O)c1. The lowest BCUT2D eigenvalue weighted by atomic mass is 10.3. The van der Waals surface area contributed by atoms with Gasteiger partial charge >= 0.3 is 0 Å². The Bertz CT molecular complexity index is 510. The van der Waals surface area contributed by atoms with Gasteiger partial charge in [0.1, 0.15) is 5.75 Å². The first-order valence-electron chi connectivity index (χ1n) is 4.97. The van der Waals surface area contributed by atoms with Crippen LogP contribution in [0.1, 0.15) is 0 Å².